The highest BCUT2D eigenvalue weighted by molar-refractivity contribution is 5.98. The summed E-state index contributed by atoms with van der Waals surface area (Å²) < 4.78 is 0. The topological polar surface area (TPSA) is 32.3 Å². The number of fused-ring (bicyclic) bond motifs is 1. The highest BCUT2D eigenvalue weighted by Crippen LogP contribution is 2.20. The van der Waals surface area contributed by atoms with Crippen LogP contribution in [-0.2, 0) is 0 Å². The van der Waals surface area contributed by atoms with Crippen LogP contribution in [0.15, 0.2) is 72.8 Å². The molecule has 0 radical (unpaired) electrons. The average Bonchev–Trinajstić information content (AvgIpc) is 2.71. The summed E-state index contributed by atoms with van der Waals surface area (Å²) in [5.74, 6) is -0.0242. The zero-order chi connectivity index (χ0) is 18.4. The van der Waals surface area contributed by atoms with Gasteiger partial charge in [0.15, 0.2) is 0 Å². The van der Waals surface area contributed by atoms with Crippen molar-refractivity contribution in [2.24, 2.45) is 0 Å². The summed E-state index contributed by atoms with van der Waals surface area (Å²) in [4.78, 5) is 15.1. The van der Waals surface area contributed by atoms with Gasteiger partial charge in [0.1, 0.15) is 0 Å². The summed E-state index contributed by atoms with van der Waals surface area (Å²) in [5.41, 5.74) is 1.94. The van der Waals surface area contributed by atoms with E-state index >= 15 is 0 Å². The summed E-state index contributed by atoms with van der Waals surface area (Å²) in [7, 11) is 0. The maximum atomic E-state index is 12.7. The lowest BCUT2D eigenvalue weighted by molar-refractivity contribution is 0.0935. The minimum absolute atomic E-state index is 0.0242. The van der Waals surface area contributed by atoms with Crippen LogP contribution in [0.2, 0.25) is 0 Å². The third-order valence-corrected chi connectivity index (χ3v) is 4.91. The molecule has 0 aromatic heterocycles. The standard InChI is InChI=1S/C23H26N2O/c1-3-25(4-2)22(19-11-6-5-7-12-19)17-24-23(26)21-15-14-18-10-8-9-13-20(18)16-21/h5-16,22H,3-4,17H2,1-2H3,(H,24,26). The second kappa shape index (κ2) is 8.63. The third kappa shape index (κ3) is 4.12. The van der Waals surface area contributed by atoms with Crippen molar-refractivity contribution in [3.63, 3.8) is 0 Å². The van der Waals surface area contributed by atoms with Crippen molar-refractivity contribution >= 4 is 16.7 Å². The largest absolute Gasteiger partial charge is 0.350 e. The predicted molar refractivity (Wildman–Crippen MR) is 108 cm³/mol. The Labute approximate surface area is 155 Å². The smallest absolute Gasteiger partial charge is 0.251 e. The molecular formula is C23H26N2O. The van der Waals surface area contributed by atoms with Crippen LogP contribution in [0.4, 0.5) is 0 Å². The van der Waals surface area contributed by atoms with Crippen molar-refractivity contribution in [3.05, 3.63) is 83.9 Å². The van der Waals surface area contributed by atoms with Gasteiger partial charge >= 0.3 is 0 Å². The number of hydrogen-bond donors (Lipinski definition) is 1. The molecule has 0 saturated carbocycles. The van der Waals surface area contributed by atoms with Crippen molar-refractivity contribution in [1.82, 2.24) is 10.2 Å². The lowest BCUT2D eigenvalue weighted by Gasteiger charge is -2.30. The van der Waals surface area contributed by atoms with Gasteiger partial charge in [0.05, 0.1) is 6.04 Å². The number of hydrogen-bond acceptors (Lipinski definition) is 2. The maximum Gasteiger partial charge on any atom is 0.251 e. The molecule has 1 amide bonds. The summed E-state index contributed by atoms with van der Waals surface area (Å²) in [5, 5.41) is 5.36. The van der Waals surface area contributed by atoms with Gasteiger partial charge in [-0.05, 0) is 41.6 Å². The van der Waals surface area contributed by atoms with E-state index in [-0.39, 0.29) is 11.9 Å². The van der Waals surface area contributed by atoms with Crippen LogP contribution in [-0.4, -0.2) is 30.4 Å². The van der Waals surface area contributed by atoms with Gasteiger partial charge < -0.3 is 5.32 Å². The zero-order valence-electron chi connectivity index (χ0n) is 15.5. The first-order chi connectivity index (χ1) is 12.7. The van der Waals surface area contributed by atoms with Gasteiger partial charge in [0.2, 0.25) is 0 Å². The SMILES string of the molecule is CCN(CC)C(CNC(=O)c1ccc2ccccc2c1)c1ccccc1. The van der Waals surface area contributed by atoms with Gasteiger partial charge in [-0.2, -0.15) is 0 Å². The lowest BCUT2D eigenvalue weighted by Crippen LogP contribution is -2.38. The van der Waals surface area contributed by atoms with E-state index in [9.17, 15) is 4.79 Å². The van der Waals surface area contributed by atoms with Crippen molar-refractivity contribution in [2.75, 3.05) is 19.6 Å². The molecule has 0 saturated heterocycles. The monoisotopic (exact) mass is 346 g/mol. The molecule has 3 rings (SSSR count). The molecule has 3 heteroatoms. The fourth-order valence-corrected chi connectivity index (χ4v) is 3.42. The van der Waals surface area contributed by atoms with E-state index in [0.29, 0.717) is 12.1 Å². The summed E-state index contributed by atoms with van der Waals surface area (Å²) in [6.45, 7) is 6.80. The minimum atomic E-state index is -0.0242. The number of likely N-dealkylation sites (N-methyl/N-ethyl adjacent to an activating group) is 1. The van der Waals surface area contributed by atoms with Crippen molar-refractivity contribution in [1.29, 1.82) is 0 Å². The van der Waals surface area contributed by atoms with Crippen LogP contribution in [0.1, 0.15) is 35.8 Å². The van der Waals surface area contributed by atoms with E-state index in [2.05, 4.69) is 54.4 Å². The Kier molecular flexibility index (Phi) is 6.03. The number of rotatable bonds is 7. The molecule has 1 atom stereocenters. The molecule has 0 aliphatic carbocycles. The lowest BCUT2D eigenvalue weighted by atomic mass is 10.0. The summed E-state index contributed by atoms with van der Waals surface area (Å²) >= 11 is 0. The second-order valence-corrected chi connectivity index (χ2v) is 6.42. The summed E-state index contributed by atoms with van der Waals surface area (Å²) in [6.07, 6.45) is 0. The molecule has 1 N–H and O–H groups in total. The van der Waals surface area contributed by atoms with E-state index in [0.717, 1.165) is 23.9 Å². The fourth-order valence-electron chi connectivity index (χ4n) is 3.42. The molecule has 0 aliphatic rings. The normalized spacial score (nSPS) is 12.3. The molecule has 3 aromatic carbocycles. The molecule has 0 bridgehead atoms. The van der Waals surface area contributed by atoms with E-state index in [1.165, 1.54) is 5.56 Å². The first-order valence-corrected chi connectivity index (χ1v) is 9.29. The van der Waals surface area contributed by atoms with Gasteiger partial charge in [0.25, 0.3) is 5.91 Å². The van der Waals surface area contributed by atoms with Crippen molar-refractivity contribution in [2.45, 2.75) is 19.9 Å². The van der Waals surface area contributed by atoms with Crippen LogP contribution in [0.25, 0.3) is 10.8 Å². The number of carbonyl (C=O) groups excluding carboxylic acids is 1. The predicted octanol–water partition coefficient (Wildman–Crippen LogP) is 4.65. The van der Waals surface area contributed by atoms with E-state index < -0.39 is 0 Å². The van der Waals surface area contributed by atoms with Crippen LogP contribution in [0.3, 0.4) is 0 Å². The van der Waals surface area contributed by atoms with Crippen LogP contribution < -0.4 is 5.32 Å². The molecule has 0 fully saturated rings. The number of nitrogens with zero attached hydrogens (tertiary/aromatic N) is 1. The van der Waals surface area contributed by atoms with Crippen LogP contribution in [0.5, 0.6) is 0 Å². The Bertz CT molecular complexity index is 856. The highest BCUT2D eigenvalue weighted by atomic mass is 16.1. The van der Waals surface area contributed by atoms with Gasteiger partial charge in [-0.15, -0.1) is 0 Å². The quantitative estimate of drug-likeness (QED) is 0.675. The first-order valence-electron chi connectivity index (χ1n) is 9.29. The Balaban J connectivity index is 1.76. The Morgan fingerprint density at radius 2 is 1.54 bits per heavy atom. The van der Waals surface area contributed by atoms with Gasteiger partial charge in [0, 0.05) is 12.1 Å². The Morgan fingerprint density at radius 3 is 2.23 bits per heavy atom. The Hall–Kier alpha value is -2.65. The molecular weight excluding hydrogens is 320 g/mol. The summed E-state index contributed by atoms with van der Waals surface area (Å²) in [6, 6.07) is 24.5. The van der Waals surface area contributed by atoms with Gasteiger partial charge in [-0.3, -0.25) is 9.69 Å². The highest BCUT2D eigenvalue weighted by Gasteiger charge is 2.19. The van der Waals surface area contributed by atoms with Gasteiger partial charge in [-0.25, -0.2) is 0 Å². The molecule has 134 valence electrons. The van der Waals surface area contributed by atoms with E-state index in [1.807, 2.05) is 42.5 Å². The average molecular weight is 346 g/mol. The Morgan fingerprint density at radius 1 is 0.885 bits per heavy atom. The van der Waals surface area contributed by atoms with E-state index in [1.54, 1.807) is 0 Å². The molecule has 0 aliphatic heterocycles. The first kappa shape index (κ1) is 18.2. The molecule has 0 heterocycles. The fraction of sp³-hybridized carbons (Fsp3) is 0.261. The van der Waals surface area contributed by atoms with Crippen molar-refractivity contribution in [3.8, 4) is 0 Å². The molecule has 1 unspecified atom stereocenters. The number of amides is 1. The number of carbonyl (C=O) groups is 1. The molecule has 3 aromatic rings. The second-order valence-electron chi connectivity index (χ2n) is 6.42. The molecule has 3 nitrogen and oxygen atoms in total. The number of nitrogens with one attached hydrogen (secondary N) is 1. The van der Waals surface area contributed by atoms with E-state index in [4.69, 9.17) is 0 Å². The molecule has 0 spiro atoms. The zero-order valence-corrected chi connectivity index (χ0v) is 15.5. The van der Waals surface area contributed by atoms with Crippen LogP contribution >= 0.6 is 0 Å². The third-order valence-electron chi connectivity index (χ3n) is 4.91. The van der Waals surface area contributed by atoms with Crippen molar-refractivity contribution < 1.29 is 4.79 Å². The maximum absolute atomic E-state index is 12.7. The minimum Gasteiger partial charge on any atom is -0.350 e. The van der Waals surface area contributed by atoms with Gasteiger partial charge in [-0.1, -0.05) is 74.5 Å². The van der Waals surface area contributed by atoms with Crippen LogP contribution in [0, 0.1) is 0 Å². The molecule has 26 heavy (non-hydrogen) atoms. The number of benzene rings is 3.